The summed E-state index contributed by atoms with van der Waals surface area (Å²) in [4.78, 5) is 14.4. The Labute approximate surface area is 128 Å². The normalized spacial score (nSPS) is 17.2. The highest BCUT2D eigenvalue weighted by atomic mass is 16.2. The van der Waals surface area contributed by atoms with Gasteiger partial charge < -0.3 is 4.90 Å². The predicted molar refractivity (Wildman–Crippen MR) is 88.2 cm³/mol. The molecule has 0 heterocycles. The number of nitrogens with zero attached hydrogens (tertiary/aromatic N) is 1. The topological polar surface area (TPSA) is 20.3 Å². The van der Waals surface area contributed by atoms with Crippen molar-refractivity contribution in [1.82, 2.24) is 4.90 Å². The summed E-state index contributed by atoms with van der Waals surface area (Å²) in [5, 5.41) is 0. The molecule has 0 radical (unpaired) electrons. The molecule has 0 saturated heterocycles. The van der Waals surface area contributed by atoms with Gasteiger partial charge in [0.15, 0.2) is 0 Å². The Morgan fingerprint density at radius 3 is 2.48 bits per heavy atom. The van der Waals surface area contributed by atoms with Gasteiger partial charge in [0.1, 0.15) is 0 Å². The van der Waals surface area contributed by atoms with Gasteiger partial charge in [0.05, 0.1) is 0 Å². The van der Waals surface area contributed by atoms with E-state index < -0.39 is 0 Å². The molecule has 1 amide bonds. The Hall–Kier alpha value is -1.57. The molecular formula is C19H27NO. The average Bonchev–Trinajstić information content (AvgIpc) is 2.49. The van der Waals surface area contributed by atoms with E-state index in [0.717, 1.165) is 32.2 Å². The third-order valence-electron chi connectivity index (χ3n) is 4.73. The molecule has 0 spiro atoms. The minimum absolute atomic E-state index is 0.0145. The second-order valence-corrected chi connectivity index (χ2v) is 6.18. The molecule has 0 aromatic heterocycles. The number of benzene rings is 1. The summed E-state index contributed by atoms with van der Waals surface area (Å²) in [6.07, 6.45) is 9.82. The van der Waals surface area contributed by atoms with Crippen LogP contribution in [-0.2, 0) is 11.2 Å². The van der Waals surface area contributed by atoms with Crippen LogP contribution < -0.4 is 0 Å². The number of hydrogen-bond acceptors (Lipinski definition) is 1. The van der Waals surface area contributed by atoms with Gasteiger partial charge in [0, 0.05) is 19.0 Å². The van der Waals surface area contributed by atoms with Gasteiger partial charge >= 0.3 is 0 Å². The summed E-state index contributed by atoms with van der Waals surface area (Å²) >= 11 is 0. The lowest BCUT2D eigenvalue weighted by Crippen LogP contribution is -2.52. The standard InChI is InChI=1S/C19H27NO/c1-3-13-19(14-8-5-9-15-19)20(17(2)21)16-12-18-10-6-4-7-11-18/h3-4,6-7,10-11H,1,5,8-9,12-16H2,2H3. The number of rotatable bonds is 6. The van der Waals surface area contributed by atoms with E-state index in [2.05, 4.69) is 35.7 Å². The second kappa shape index (κ2) is 7.44. The summed E-state index contributed by atoms with van der Waals surface area (Å²) in [5.41, 5.74) is 1.31. The van der Waals surface area contributed by atoms with E-state index in [1.165, 1.54) is 24.8 Å². The molecule has 1 aliphatic carbocycles. The van der Waals surface area contributed by atoms with Crippen molar-refractivity contribution in [3.63, 3.8) is 0 Å². The van der Waals surface area contributed by atoms with Crippen molar-refractivity contribution in [2.45, 2.75) is 57.4 Å². The SMILES string of the molecule is C=CCC1(N(CCc2ccccc2)C(C)=O)CCCCC1. The Balaban J connectivity index is 2.12. The molecule has 1 fully saturated rings. The molecule has 1 aromatic rings. The highest BCUT2D eigenvalue weighted by Gasteiger charge is 2.37. The third kappa shape index (κ3) is 3.96. The smallest absolute Gasteiger partial charge is 0.219 e. The van der Waals surface area contributed by atoms with Gasteiger partial charge in [-0.1, -0.05) is 55.7 Å². The summed E-state index contributed by atoms with van der Waals surface area (Å²) in [5.74, 6) is 0.203. The van der Waals surface area contributed by atoms with Crippen molar-refractivity contribution in [2.24, 2.45) is 0 Å². The van der Waals surface area contributed by atoms with Crippen molar-refractivity contribution < 1.29 is 4.79 Å². The molecule has 0 aliphatic heterocycles. The number of carbonyl (C=O) groups excluding carboxylic acids is 1. The van der Waals surface area contributed by atoms with E-state index in [1.807, 2.05) is 12.1 Å². The Morgan fingerprint density at radius 1 is 1.24 bits per heavy atom. The van der Waals surface area contributed by atoms with Crippen LogP contribution in [0.3, 0.4) is 0 Å². The van der Waals surface area contributed by atoms with Crippen molar-refractivity contribution in [2.75, 3.05) is 6.54 Å². The van der Waals surface area contributed by atoms with Gasteiger partial charge in [0.25, 0.3) is 0 Å². The van der Waals surface area contributed by atoms with Crippen LogP contribution >= 0.6 is 0 Å². The van der Waals surface area contributed by atoms with Crippen LogP contribution in [0.2, 0.25) is 0 Å². The van der Waals surface area contributed by atoms with Gasteiger partial charge in [-0.05, 0) is 31.2 Å². The zero-order valence-electron chi connectivity index (χ0n) is 13.2. The molecule has 1 aromatic carbocycles. The summed E-state index contributed by atoms with van der Waals surface area (Å²) in [6.45, 7) is 6.45. The molecule has 2 nitrogen and oxygen atoms in total. The Morgan fingerprint density at radius 2 is 1.90 bits per heavy atom. The van der Waals surface area contributed by atoms with Crippen LogP contribution in [0.15, 0.2) is 43.0 Å². The van der Waals surface area contributed by atoms with Crippen LogP contribution in [0, 0.1) is 0 Å². The van der Waals surface area contributed by atoms with Crippen LogP contribution in [0.5, 0.6) is 0 Å². The Kier molecular flexibility index (Phi) is 5.60. The number of carbonyl (C=O) groups is 1. The predicted octanol–water partition coefficient (Wildman–Crippen LogP) is 4.36. The van der Waals surface area contributed by atoms with Gasteiger partial charge in [-0.15, -0.1) is 6.58 Å². The van der Waals surface area contributed by atoms with Gasteiger partial charge in [0.2, 0.25) is 5.91 Å². The van der Waals surface area contributed by atoms with E-state index in [4.69, 9.17) is 0 Å². The zero-order chi connectivity index (χ0) is 15.1. The van der Waals surface area contributed by atoms with Gasteiger partial charge in [-0.2, -0.15) is 0 Å². The van der Waals surface area contributed by atoms with Crippen LogP contribution in [0.25, 0.3) is 0 Å². The molecular weight excluding hydrogens is 258 g/mol. The minimum Gasteiger partial charge on any atom is -0.337 e. The van der Waals surface area contributed by atoms with Crippen LogP contribution in [0.4, 0.5) is 0 Å². The maximum Gasteiger partial charge on any atom is 0.219 e. The molecule has 2 heteroatoms. The highest BCUT2D eigenvalue weighted by molar-refractivity contribution is 5.74. The Bertz CT molecular complexity index is 460. The van der Waals surface area contributed by atoms with Crippen molar-refractivity contribution in [3.8, 4) is 0 Å². The van der Waals surface area contributed by atoms with Crippen molar-refractivity contribution in [1.29, 1.82) is 0 Å². The first kappa shape index (κ1) is 15.8. The van der Waals surface area contributed by atoms with Crippen molar-refractivity contribution >= 4 is 5.91 Å². The summed E-state index contributed by atoms with van der Waals surface area (Å²) in [7, 11) is 0. The largest absolute Gasteiger partial charge is 0.337 e. The number of amides is 1. The lowest BCUT2D eigenvalue weighted by atomic mass is 9.77. The highest BCUT2D eigenvalue weighted by Crippen LogP contribution is 2.37. The molecule has 1 aliphatic rings. The average molecular weight is 285 g/mol. The first-order valence-corrected chi connectivity index (χ1v) is 8.11. The molecule has 1 saturated carbocycles. The lowest BCUT2D eigenvalue weighted by molar-refractivity contribution is -0.136. The van der Waals surface area contributed by atoms with Gasteiger partial charge in [-0.3, -0.25) is 4.79 Å². The molecule has 21 heavy (non-hydrogen) atoms. The van der Waals surface area contributed by atoms with E-state index >= 15 is 0 Å². The summed E-state index contributed by atoms with van der Waals surface area (Å²) < 4.78 is 0. The maximum atomic E-state index is 12.2. The third-order valence-corrected chi connectivity index (χ3v) is 4.73. The van der Waals surface area contributed by atoms with Gasteiger partial charge in [-0.25, -0.2) is 0 Å². The first-order valence-electron chi connectivity index (χ1n) is 8.11. The molecule has 0 N–H and O–H groups in total. The maximum absolute atomic E-state index is 12.2. The molecule has 0 atom stereocenters. The van der Waals surface area contributed by atoms with E-state index in [0.29, 0.717) is 0 Å². The zero-order valence-corrected chi connectivity index (χ0v) is 13.2. The molecule has 0 unspecified atom stereocenters. The quantitative estimate of drug-likeness (QED) is 0.711. The second-order valence-electron chi connectivity index (χ2n) is 6.18. The van der Waals surface area contributed by atoms with E-state index in [-0.39, 0.29) is 11.4 Å². The monoisotopic (exact) mass is 285 g/mol. The van der Waals surface area contributed by atoms with E-state index in [9.17, 15) is 4.79 Å². The van der Waals surface area contributed by atoms with Crippen LogP contribution in [-0.4, -0.2) is 22.9 Å². The summed E-state index contributed by atoms with van der Waals surface area (Å²) in [6, 6.07) is 10.4. The van der Waals surface area contributed by atoms with Crippen LogP contribution in [0.1, 0.15) is 51.0 Å². The first-order chi connectivity index (χ1) is 10.2. The van der Waals surface area contributed by atoms with E-state index in [1.54, 1.807) is 6.92 Å². The van der Waals surface area contributed by atoms with Crippen molar-refractivity contribution in [3.05, 3.63) is 48.6 Å². The molecule has 0 bridgehead atoms. The fraction of sp³-hybridized carbons (Fsp3) is 0.526. The molecule has 114 valence electrons. The fourth-order valence-electron chi connectivity index (χ4n) is 3.68. The lowest BCUT2D eigenvalue weighted by Gasteiger charge is -2.46. The number of hydrogen-bond donors (Lipinski definition) is 0. The fourth-order valence-corrected chi connectivity index (χ4v) is 3.68. The minimum atomic E-state index is 0.0145. The molecule has 2 rings (SSSR count).